The minimum absolute atomic E-state index is 0.879. The van der Waals surface area contributed by atoms with Gasteiger partial charge in [0.1, 0.15) is 11.2 Å². The summed E-state index contributed by atoms with van der Waals surface area (Å²) in [6.45, 7) is 0. The number of rotatable bonds is 5. The third kappa shape index (κ3) is 4.70. The number of fused-ring (bicyclic) bond motifs is 7. The van der Waals surface area contributed by atoms with Crippen LogP contribution in [0.4, 0.5) is 17.1 Å². The van der Waals surface area contributed by atoms with Gasteiger partial charge in [0.05, 0.1) is 11.1 Å². The average molecular weight is 644 g/mol. The van der Waals surface area contributed by atoms with Crippen molar-refractivity contribution in [1.29, 1.82) is 0 Å². The minimum Gasteiger partial charge on any atom is -0.456 e. The van der Waals surface area contributed by atoms with Crippen LogP contribution in [0.3, 0.4) is 0 Å². The first-order valence-corrected chi connectivity index (χ1v) is 17.4. The van der Waals surface area contributed by atoms with E-state index >= 15 is 0 Å². The molecule has 0 aliphatic rings. The third-order valence-corrected chi connectivity index (χ3v) is 10.8. The molecule has 0 atom stereocenters. The molecule has 8 aromatic carbocycles. The molecule has 0 saturated carbocycles. The number of hydrogen-bond acceptors (Lipinski definition) is 3. The van der Waals surface area contributed by atoms with E-state index in [-0.39, 0.29) is 0 Å². The van der Waals surface area contributed by atoms with Gasteiger partial charge < -0.3 is 9.32 Å². The van der Waals surface area contributed by atoms with E-state index in [2.05, 4.69) is 169 Å². The number of furan rings is 1. The molecule has 0 aliphatic carbocycles. The molecule has 0 unspecified atom stereocenters. The van der Waals surface area contributed by atoms with Gasteiger partial charge >= 0.3 is 0 Å². The molecule has 10 rings (SSSR count). The van der Waals surface area contributed by atoms with Crippen molar-refractivity contribution in [2.24, 2.45) is 0 Å². The Morgan fingerprint density at radius 2 is 0.980 bits per heavy atom. The van der Waals surface area contributed by atoms with Gasteiger partial charge in [-0.25, -0.2) is 0 Å². The smallest absolute Gasteiger partial charge is 0.137 e. The van der Waals surface area contributed by atoms with Gasteiger partial charge in [-0.05, 0) is 93.7 Å². The van der Waals surface area contributed by atoms with Crippen molar-refractivity contribution in [3.63, 3.8) is 0 Å². The van der Waals surface area contributed by atoms with Crippen LogP contribution in [0.2, 0.25) is 0 Å². The summed E-state index contributed by atoms with van der Waals surface area (Å²) in [5, 5.41) is 7.36. The zero-order chi connectivity index (χ0) is 32.3. The molecule has 0 aliphatic heterocycles. The molecule has 0 radical (unpaired) electrons. The van der Waals surface area contributed by atoms with Gasteiger partial charge in [0, 0.05) is 36.9 Å². The molecular weight excluding hydrogens is 615 g/mol. The monoisotopic (exact) mass is 643 g/mol. The number of anilines is 3. The van der Waals surface area contributed by atoms with Crippen LogP contribution in [0, 0.1) is 0 Å². The second-order valence-electron chi connectivity index (χ2n) is 12.5. The highest BCUT2D eigenvalue weighted by Crippen LogP contribution is 2.44. The molecule has 2 aromatic heterocycles. The molecule has 0 N–H and O–H groups in total. The summed E-state index contributed by atoms with van der Waals surface area (Å²) in [7, 11) is 0. The standard InChI is InChI=1S/C46H29NOS/c1-2-9-33-28-34(17-16-30(33)8-1)31-18-23-36(24-19-31)47(41-12-7-14-43-46(41)40-11-3-5-13-42(40)48-43)37-25-20-32(21-26-37)35-22-27-39-38-10-4-6-15-44(38)49-45(39)29-35/h1-29H. The Labute approximate surface area is 287 Å². The van der Waals surface area contributed by atoms with E-state index < -0.39 is 0 Å². The molecule has 0 fully saturated rings. The van der Waals surface area contributed by atoms with E-state index in [0.717, 1.165) is 39.0 Å². The van der Waals surface area contributed by atoms with Crippen LogP contribution in [-0.4, -0.2) is 0 Å². The average Bonchev–Trinajstić information content (AvgIpc) is 3.74. The van der Waals surface area contributed by atoms with Crippen LogP contribution in [-0.2, 0) is 0 Å². The lowest BCUT2D eigenvalue weighted by molar-refractivity contribution is 0.669. The largest absolute Gasteiger partial charge is 0.456 e. The summed E-state index contributed by atoms with van der Waals surface area (Å²) in [4.78, 5) is 2.35. The minimum atomic E-state index is 0.879. The molecular formula is C46H29NOS. The SMILES string of the molecule is c1ccc2cc(-c3ccc(N(c4ccc(-c5ccc6c(c5)sc5ccccc56)cc4)c4cccc5oc6ccccc6c45)cc3)ccc2c1. The lowest BCUT2D eigenvalue weighted by Gasteiger charge is -2.26. The van der Waals surface area contributed by atoms with Crippen molar-refractivity contribution >= 4 is 81.3 Å². The van der Waals surface area contributed by atoms with E-state index in [0.29, 0.717) is 0 Å². The number of thiophene rings is 1. The van der Waals surface area contributed by atoms with E-state index in [9.17, 15) is 0 Å². The third-order valence-electron chi connectivity index (χ3n) is 9.67. The zero-order valence-corrected chi connectivity index (χ0v) is 27.3. The van der Waals surface area contributed by atoms with Gasteiger partial charge in [-0.1, -0.05) is 115 Å². The Hall–Kier alpha value is -6.16. The van der Waals surface area contributed by atoms with Gasteiger partial charge in [-0.3, -0.25) is 0 Å². The Balaban J connectivity index is 1.09. The molecule has 2 heterocycles. The molecule has 3 heteroatoms. The fraction of sp³-hybridized carbons (Fsp3) is 0. The van der Waals surface area contributed by atoms with Gasteiger partial charge in [0.15, 0.2) is 0 Å². The fourth-order valence-electron chi connectivity index (χ4n) is 7.25. The number of para-hydroxylation sites is 1. The van der Waals surface area contributed by atoms with Crippen molar-refractivity contribution < 1.29 is 4.42 Å². The molecule has 0 bridgehead atoms. The first-order valence-electron chi connectivity index (χ1n) is 16.6. The van der Waals surface area contributed by atoms with Crippen molar-refractivity contribution in [2.75, 3.05) is 4.90 Å². The molecule has 230 valence electrons. The van der Waals surface area contributed by atoms with Crippen molar-refractivity contribution in [3.8, 4) is 22.3 Å². The molecule has 10 aromatic rings. The summed E-state index contributed by atoms with van der Waals surface area (Å²) in [5.74, 6) is 0. The van der Waals surface area contributed by atoms with Gasteiger partial charge in [-0.2, -0.15) is 0 Å². The summed E-state index contributed by atoms with van der Waals surface area (Å²) in [6, 6.07) is 63.3. The summed E-state index contributed by atoms with van der Waals surface area (Å²) < 4.78 is 8.98. The second kappa shape index (κ2) is 11.2. The first kappa shape index (κ1) is 27.9. The van der Waals surface area contributed by atoms with Crippen LogP contribution in [0.5, 0.6) is 0 Å². The Morgan fingerprint density at radius 1 is 0.388 bits per heavy atom. The molecule has 0 saturated heterocycles. The number of nitrogens with zero attached hydrogens (tertiary/aromatic N) is 1. The second-order valence-corrected chi connectivity index (χ2v) is 13.6. The normalized spacial score (nSPS) is 11.7. The topological polar surface area (TPSA) is 16.4 Å². The Bertz CT molecular complexity index is 2820. The highest BCUT2D eigenvalue weighted by atomic mass is 32.1. The first-order chi connectivity index (χ1) is 24.3. The van der Waals surface area contributed by atoms with Crippen LogP contribution >= 0.6 is 11.3 Å². The molecule has 0 spiro atoms. The molecule has 2 nitrogen and oxygen atoms in total. The number of hydrogen-bond donors (Lipinski definition) is 0. The lowest BCUT2D eigenvalue weighted by Crippen LogP contribution is -2.10. The van der Waals surface area contributed by atoms with Crippen LogP contribution in [0.25, 0.3) is 75.1 Å². The maximum absolute atomic E-state index is 6.34. The Kier molecular flexibility index (Phi) is 6.39. The quantitative estimate of drug-likeness (QED) is 0.186. The van der Waals surface area contributed by atoms with E-state index in [1.165, 1.54) is 53.2 Å². The van der Waals surface area contributed by atoms with Crippen molar-refractivity contribution in [2.45, 2.75) is 0 Å². The highest BCUT2D eigenvalue weighted by molar-refractivity contribution is 7.25. The van der Waals surface area contributed by atoms with E-state index in [1.807, 2.05) is 23.5 Å². The summed E-state index contributed by atoms with van der Waals surface area (Å²) in [6.07, 6.45) is 0. The summed E-state index contributed by atoms with van der Waals surface area (Å²) in [5.41, 5.74) is 9.84. The predicted octanol–water partition coefficient (Wildman–Crippen LogP) is 13.9. The van der Waals surface area contributed by atoms with E-state index in [4.69, 9.17) is 4.42 Å². The van der Waals surface area contributed by atoms with E-state index in [1.54, 1.807) is 0 Å². The fourth-order valence-corrected chi connectivity index (χ4v) is 8.40. The van der Waals surface area contributed by atoms with Crippen molar-refractivity contribution in [3.05, 3.63) is 176 Å². The molecule has 49 heavy (non-hydrogen) atoms. The van der Waals surface area contributed by atoms with Crippen molar-refractivity contribution in [1.82, 2.24) is 0 Å². The van der Waals surface area contributed by atoms with Crippen LogP contribution < -0.4 is 4.90 Å². The zero-order valence-electron chi connectivity index (χ0n) is 26.5. The van der Waals surface area contributed by atoms with Crippen LogP contribution in [0.1, 0.15) is 0 Å². The van der Waals surface area contributed by atoms with Gasteiger partial charge in [0.25, 0.3) is 0 Å². The lowest BCUT2D eigenvalue weighted by atomic mass is 10.0. The summed E-state index contributed by atoms with van der Waals surface area (Å²) >= 11 is 1.86. The highest BCUT2D eigenvalue weighted by Gasteiger charge is 2.19. The maximum atomic E-state index is 6.34. The molecule has 0 amide bonds. The van der Waals surface area contributed by atoms with Gasteiger partial charge in [0.2, 0.25) is 0 Å². The maximum Gasteiger partial charge on any atom is 0.137 e. The van der Waals surface area contributed by atoms with Gasteiger partial charge in [-0.15, -0.1) is 11.3 Å². The Morgan fingerprint density at radius 3 is 1.78 bits per heavy atom. The predicted molar refractivity (Wildman–Crippen MR) is 210 cm³/mol. The van der Waals surface area contributed by atoms with Crippen LogP contribution in [0.15, 0.2) is 180 Å². The number of benzene rings is 8.